The predicted octanol–water partition coefficient (Wildman–Crippen LogP) is 4.16. The molecule has 9 heteroatoms. The first-order chi connectivity index (χ1) is 16.2. The number of ether oxygens (including phenoxy) is 1. The van der Waals surface area contributed by atoms with Gasteiger partial charge in [-0.15, -0.1) is 0 Å². The van der Waals surface area contributed by atoms with Crippen molar-refractivity contribution in [2.24, 2.45) is 5.92 Å². The normalized spacial score (nSPS) is 14.3. The van der Waals surface area contributed by atoms with Gasteiger partial charge in [-0.3, -0.25) is 4.79 Å². The second kappa shape index (κ2) is 11.1. The van der Waals surface area contributed by atoms with Crippen LogP contribution in [0.15, 0.2) is 48.5 Å². The molecular formula is C25H28F2N2O5. The van der Waals surface area contributed by atoms with E-state index in [1.165, 1.54) is 0 Å². The highest BCUT2D eigenvalue weighted by Crippen LogP contribution is 2.44. The molecule has 1 aliphatic carbocycles. The molecule has 0 spiro atoms. The highest BCUT2D eigenvalue weighted by atomic mass is 19.3. The van der Waals surface area contributed by atoms with Gasteiger partial charge in [-0.25, -0.2) is 18.4 Å². The fraction of sp³-hybridized carbons (Fsp3) is 0.400. The number of nitrogens with one attached hydrogen (secondary N) is 2. The molecule has 0 heterocycles. The minimum absolute atomic E-state index is 0.0476. The van der Waals surface area contributed by atoms with Gasteiger partial charge in [0.1, 0.15) is 18.7 Å². The number of carboxylic acid groups (broad SMARTS) is 1. The van der Waals surface area contributed by atoms with Crippen LogP contribution in [0.5, 0.6) is 0 Å². The van der Waals surface area contributed by atoms with Crippen LogP contribution in [0.25, 0.3) is 11.1 Å². The van der Waals surface area contributed by atoms with E-state index in [1.807, 2.05) is 48.5 Å². The summed E-state index contributed by atoms with van der Waals surface area (Å²) in [5.41, 5.74) is 4.03. The molecule has 3 rings (SSSR count). The van der Waals surface area contributed by atoms with Gasteiger partial charge in [-0.05, 0) is 34.6 Å². The largest absolute Gasteiger partial charge is 0.480 e. The Kier molecular flexibility index (Phi) is 8.20. The molecule has 1 unspecified atom stereocenters. The van der Waals surface area contributed by atoms with E-state index in [2.05, 4.69) is 10.6 Å². The van der Waals surface area contributed by atoms with Crippen molar-refractivity contribution in [3.05, 3.63) is 59.7 Å². The third kappa shape index (κ3) is 6.09. The van der Waals surface area contributed by atoms with Crippen LogP contribution in [-0.4, -0.2) is 48.2 Å². The highest BCUT2D eigenvalue weighted by Gasteiger charge is 2.32. The quantitative estimate of drug-likeness (QED) is 0.480. The molecule has 3 N–H and O–H groups in total. The molecule has 0 saturated heterocycles. The van der Waals surface area contributed by atoms with Crippen LogP contribution in [0.2, 0.25) is 0 Å². The fourth-order valence-corrected chi connectivity index (χ4v) is 4.16. The van der Waals surface area contributed by atoms with Gasteiger partial charge in [0.05, 0.1) is 0 Å². The molecule has 2 aromatic carbocycles. The number of alkyl halides is 2. The molecule has 2 atom stereocenters. The lowest BCUT2D eigenvalue weighted by atomic mass is 9.98. The second-order valence-electron chi connectivity index (χ2n) is 8.68. The Balaban J connectivity index is 1.66. The number of benzene rings is 2. The Hall–Kier alpha value is -3.49. The molecular weight excluding hydrogens is 446 g/mol. The van der Waals surface area contributed by atoms with Crippen LogP contribution in [0.1, 0.15) is 43.7 Å². The standard InChI is InChI=1S/C25H28F2N2O5/c1-14(2)11-21(24(31)32)28-23(30)20(12-22(26)27)29-25(33)34-13-19-17-9-5-3-7-15(17)16-8-4-6-10-18(16)19/h3-10,14,19-22H,11-13H2,1-2H3,(H,28,30)(H,29,33)(H,31,32)/t20?,21-/m1/s1. The van der Waals surface area contributed by atoms with Crippen molar-refractivity contribution in [1.29, 1.82) is 0 Å². The SMILES string of the molecule is CC(C)C[C@@H](NC(=O)C(CC(F)F)NC(=O)OCC1c2ccccc2-c2ccccc21)C(=O)O. The van der Waals surface area contributed by atoms with Crippen LogP contribution in [0.4, 0.5) is 13.6 Å². The third-order valence-electron chi connectivity index (χ3n) is 5.69. The number of rotatable bonds is 10. The third-order valence-corrected chi connectivity index (χ3v) is 5.69. The molecule has 34 heavy (non-hydrogen) atoms. The van der Waals surface area contributed by atoms with Gasteiger partial charge in [0, 0.05) is 12.3 Å². The van der Waals surface area contributed by atoms with Crippen molar-refractivity contribution < 1.29 is 33.0 Å². The van der Waals surface area contributed by atoms with Gasteiger partial charge in [0.25, 0.3) is 0 Å². The number of hydrogen-bond donors (Lipinski definition) is 3. The molecule has 0 bridgehead atoms. The van der Waals surface area contributed by atoms with Gasteiger partial charge in [0.15, 0.2) is 0 Å². The Morgan fingerprint density at radius 1 is 0.912 bits per heavy atom. The van der Waals surface area contributed by atoms with Crippen LogP contribution in [0, 0.1) is 5.92 Å². The first-order valence-corrected chi connectivity index (χ1v) is 11.1. The number of carbonyl (C=O) groups excluding carboxylic acids is 2. The van der Waals surface area contributed by atoms with Gasteiger partial charge >= 0.3 is 12.1 Å². The Morgan fingerprint density at radius 3 is 1.97 bits per heavy atom. The lowest BCUT2D eigenvalue weighted by Crippen LogP contribution is -2.52. The summed E-state index contributed by atoms with van der Waals surface area (Å²) >= 11 is 0. The van der Waals surface area contributed by atoms with Crippen molar-refractivity contribution in [2.75, 3.05) is 6.61 Å². The lowest BCUT2D eigenvalue weighted by Gasteiger charge is -2.22. The first-order valence-electron chi connectivity index (χ1n) is 11.1. The molecule has 0 fully saturated rings. The average Bonchev–Trinajstić information content (AvgIpc) is 3.10. The van der Waals surface area contributed by atoms with E-state index < -0.39 is 42.9 Å². The zero-order valence-electron chi connectivity index (χ0n) is 19.0. The van der Waals surface area contributed by atoms with E-state index in [0.717, 1.165) is 22.3 Å². The highest BCUT2D eigenvalue weighted by molar-refractivity contribution is 5.89. The Labute approximate surface area is 196 Å². The summed E-state index contributed by atoms with van der Waals surface area (Å²) in [6.45, 7) is 3.50. The minimum atomic E-state index is -2.89. The topological polar surface area (TPSA) is 105 Å². The maximum atomic E-state index is 13.1. The molecule has 0 radical (unpaired) electrons. The molecule has 2 aromatic rings. The van der Waals surface area contributed by atoms with E-state index >= 15 is 0 Å². The van der Waals surface area contributed by atoms with Crippen LogP contribution < -0.4 is 10.6 Å². The van der Waals surface area contributed by atoms with Crippen molar-refractivity contribution in [2.45, 2.75) is 51.1 Å². The van der Waals surface area contributed by atoms with Gasteiger partial charge < -0.3 is 20.5 Å². The number of halogens is 2. The van der Waals surface area contributed by atoms with E-state index in [1.54, 1.807) is 13.8 Å². The molecule has 7 nitrogen and oxygen atoms in total. The fourth-order valence-electron chi connectivity index (χ4n) is 4.16. The van der Waals surface area contributed by atoms with E-state index in [4.69, 9.17) is 4.74 Å². The van der Waals surface area contributed by atoms with Crippen molar-refractivity contribution in [1.82, 2.24) is 10.6 Å². The molecule has 2 amide bonds. The Morgan fingerprint density at radius 2 is 1.47 bits per heavy atom. The van der Waals surface area contributed by atoms with E-state index in [9.17, 15) is 28.3 Å². The number of carbonyl (C=O) groups is 3. The molecule has 0 saturated carbocycles. The smallest absolute Gasteiger partial charge is 0.407 e. The van der Waals surface area contributed by atoms with Gasteiger partial charge in [-0.2, -0.15) is 0 Å². The number of carboxylic acids is 1. The maximum Gasteiger partial charge on any atom is 0.407 e. The number of fused-ring (bicyclic) bond motifs is 3. The van der Waals surface area contributed by atoms with Crippen LogP contribution in [-0.2, 0) is 14.3 Å². The van der Waals surface area contributed by atoms with E-state index in [-0.39, 0.29) is 24.9 Å². The number of amides is 2. The zero-order valence-corrected chi connectivity index (χ0v) is 19.0. The number of alkyl carbamates (subject to hydrolysis) is 1. The molecule has 0 aromatic heterocycles. The average molecular weight is 475 g/mol. The monoisotopic (exact) mass is 474 g/mol. The van der Waals surface area contributed by atoms with Gasteiger partial charge in [-0.1, -0.05) is 62.4 Å². The Bertz CT molecular complexity index is 998. The summed E-state index contributed by atoms with van der Waals surface area (Å²) in [6, 6.07) is 12.6. The lowest BCUT2D eigenvalue weighted by molar-refractivity contribution is -0.142. The van der Waals surface area contributed by atoms with Crippen molar-refractivity contribution in [3.63, 3.8) is 0 Å². The number of hydrogen-bond acceptors (Lipinski definition) is 4. The van der Waals surface area contributed by atoms with Crippen LogP contribution >= 0.6 is 0 Å². The summed E-state index contributed by atoms with van der Waals surface area (Å²) in [4.78, 5) is 36.4. The molecule has 182 valence electrons. The summed E-state index contributed by atoms with van der Waals surface area (Å²) in [6.07, 6.45) is -4.77. The summed E-state index contributed by atoms with van der Waals surface area (Å²) in [5.74, 6) is -2.56. The van der Waals surface area contributed by atoms with Crippen LogP contribution in [0.3, 0.4) is 0 Å². The number of aliphatic carboxylic acids is 1. The maximum absolute atomic E-state index is 13.1. The summed E-state index contributed by atoms with van der Waals surface area (Å²) < 4.78 is 31.5. The minimum Gasteiger partial charge on any atom is -0.480 e. The van der Waals surface area contributed by atoms with Gasteiger partial charge in [0.2, 0.25) is 12.3 Å². The van der Waals surface area contributed by atoms with Crippen molar-refractivity contribution in [3.8, 4) is 11.1 Å². The molecule has 0 aliphatic heterocycles. The predicted molar refractivity (Wildman–Crippen MR) is 122 cm³/mol. The second-order valence-corrected chi connectivity index (χ2v) is 8.68. The van der Waals surface area contributed by atoms with Crippen molar-refractivity contribution >= 4 is 18.0 Å². The van der Waals surface area contributed by atoms with E-state index in [0.29, 0.717) is 0 Å². The first kappa shape index (κ1) is 25.1. The summed E-state index contributed by atoms with van der Waals surface area (Å²) in [5, 5.41) is 13.7. The summed E-state index contributed by atoms with van der Waals surface area (Å²) in [7, 11) is 0. The zero-order chi connectivity index (χ0) is 24.8. The molecule has 1 aliphatic rings.